The first-order valence-corrected chi connectivity index (χ1v) is 10.3. The molecule has 0 spiro atoms. The Labute approximate surface area is 184 Å². The number of carbonyl (C=O) groups is 1. The van der Waals surface area contributed by atoms with Crippen LogP contribution in [0.1, 0.15) is 27.0 Å². The van der Waals surface area contributed by atoms with Crippen LogP contribution in [0.3, 0.4) is 0 Å². The fraction of sp³-hybridized carbons (Fsp3) is 0.125. The van der Waals surface area contributed by atoms with E-state index in [0.29, 0.717) is 35.2 Å². The number of aromatic carboxylic acids is 1. The van der Waals surface area contributed by atoms with E-state index in [4.69, 9.17) is 28.3 Å². The van der Waals surface area contributed by atoms with E-state index in [1.54, 1.807) is 12.1 Å². The van der Waals surface area contributed by atoms with Crippen molar-refractivity contribution in [3.05, 3.63) is 105 Å². The smallest absolute Gasteiger partial charge is 0.335 e. The van der Waals surface area contributed by atoms with Crippen LogP contribution in [0.25, 0.3) is 10.9 Å². The van der Waals surface area contributed by atoms with Crippen molar-refractivity contribution in [2.45, 2.75) is 19.6 Å². The molecular weight excluding hydrogens is 419 g/mol. The minimum Gasteiger partial charge on any atom is -0.478 e. The number of fused-ring (bicyclic) bond motifs is 1. The Bertz CT molecular complexity index is 1180. The molecule has 0 aliphatic rings. The number of hydrogen-bond acceptors (Lipinski definition) is 2. The zero-order valence-corrected chi connectivity index (χ0v) is 17.6. The molecule has 0 saturated carbocycles. The van der Waals surface area contributed by atoms with Gasteiger partial charge in [-0.2, -0.15) is 0 Å². The first kappa shape index (κ1) is 20.5. The maximum absolute atomic E-state index is 11.0. The number of carboxylic acid groups (broad SMARTS) is 1. The lowest BCUT2D eigenvalue weighted by Crippen LogP contribution is -2.12. The number of hydrogen-bond donors (Lipinski definition) is 2. The quantitative estimate of drug-likeness (QED) is 0.372. The summed E-state index contributed by atoms with van der Waals surface area (Å²) in [6.07, 6.45) is 2.13. The Balaban J connectivity index is 1.53. The van der Waals surface area contributed by atoms with Gasteiger partial charge in [0.1, 0.15) is 0 Å². The summed E-state index contributed by atoms with van der Waals surface area (Å²) in [5.41, 5.74) is 4.53. The van der Waals surface area contributed by atoms with Crippen LogP contribution in [0.5, 0.6) is 0 Å². The molecule has 0 fully saturated rings. The molecule has 2 N–H and O–H groups in total. The number of para-hydroxylation sites is 1. The second-order valence-corrected chi connectivity index (χ2v) is 7.92. The standard InChI is InChI=1S/C24H20Cl2N2O2/c25-21-5-3-6-22(26)20(21)15-28-14-18(19-4-1-2-7-23(19)28)13-27-12-16-8-10-17(11-9-16)24(29)30/h1-11,14,27H,12-13,15H2,(H,29,30). The van der Waals surface area contributed by atoms with Crippen LogP contribution in [0.15, 0.2) is 72.9 Å². The summed E-state index contributed by atoms with van der Waals surface area (Å²) in [5.74, 6) is -0.916. The molecular formula is C24H20Cl2N2O2. The average Bonchev–Trinajstić information content (AvgIpc) is 3.09. The van der Waals surface area contributed by atoms with Crippen molar-refractivity contribution in [2.75, 3.05) is 0 Å². The van der Waals surface area contributed by atoms with Crippen molar-refractivity contribution >= 4 is 40.1 Å². The van der Waals surface area contributed by atoms with E-state index in [1.807, 2.05) is 42.5 Å². The van der Waals surface area contributed by atoms with Gasteiger partial charge in [0.25, 0.3) is 0 Å². The summed E-state index contributed by atoms with van der Waals surface area (Å²) in [5, 5.41) is 14.9. The highest BCUT2D eigenvalue weighted by atomic mass is 35.5. The normalized spacial score (nSPS) is 11.1. The molecule has 6 heteroatoms. The molecule has 152 valence electrons. The third-order valence-corrected chi connectivity index (χ3v) is 5.81. The maximum Gasteiger partial charge on any atom is 0.335 e. The fourth-order valence-electron chi connectivity index (χ4n) is 3.55. The molecule has 0 unspecified atom stereocenters. The molecule has 0 radical (unpaired) electrons. The lowest BCUT2D eigenvalue weighted by molar-refractivity contribution is 0.0697. The minimum atomic E-state index is -0.916. The van der Waals surface area contributed by atoms with Crippen molar-refractivity contribution in [1.82, 2.24) is 9.88 Å². The van der Waals surface area contributed by atoms with Crippen molar-refractivity contribution in [3.63, 3.8) is 0 Å². The van der Waals surface area contributed by atoms with Crippen LogP contribution in [0, 0.1) is 0 Å². The van der Waals surface area contributed by atoms with Gasteiger partial charge in [-0.25, -0.2) is 4.79 Å². The van der Waals surface area contributed by atoms with Gasteiger partial charge in [0.05, 0.1) is 12.1 Å². The first-order chi connectivity index (χ1) is 14.5. The van der Waals surface area contributed by atoms with E-state index in [0.717, 1.165) is 16.6 Å². The number of nitrogens with one attached hydrogen (secondary N) is 1. The van der Waals surface area contributed by atoms with Crippen molar-refractivity contribution in [1.29, 1.82) is 0 Å². The van der Waals surface area contributed by atoms with E-state index in [1.165, 1.54) is 10.9 Å². The van der Waals surface area contributed by atoms with Crippen LogP contribution < -0.4 is 5.32 Å². The summed E-state index contributed by atoms with van der Waals surface area (Å²) in [4.78, 5) is 11.0. The Morgan fingerprint density at radius 1 is 0.900 bits per heavy atom. The lowest BCUT2D eigenvalue weighted by Gasteiger charge is -2.09. The van der Waals surface area contributed by atoms with Crippen LogP contribution in [-0.2, 0) is 19.6 Å². The summed E-state index contributed by atoms with van der Waals surface area (Å²) in [7, 11) is 0. The maximum atomic E-state index is 11.0. The summed E-state index contributed by atoms with van der Waals surface area (Å²) in [6, 6.07) is 20.7. The summed E-state index contributed by atoms with van der Waals surface area (Å²) in [6.45, 7) is 1.93. The van der Waals surface area contributed by atoms with E-state index in [9.17, 15) is 4.79 Å². The summed E-state index contributed by atoms with van der Waals surface area (Å²) >= 11 is 12.7. The van der Waals surface area contributed by atoms with Crippen molar-refractivity contribution in [3.8, 4) is 0 Å². The van der Waals surface area contributed by atoms with Crippen molar-refractivity contribution in [2.24, 2.45) is 0 Å². The number of benzene rings is 3. The predicted molar refractivity (Wildman–Crippen MR) is 121 cm³/mol. The predicted octanol–water partition coefficient (Wildman–Crippen LogP) is 5.98. The Hall–Kier alpha value is -2.79. The fourth-order valence-corrected chi connectivity index (χ4v) is 4.07. The second-order valence-electron chi connectivity index (χ2n) is 7.11. The Morgan fingerprint density at radius 3 is 2.30 bits per heavy atom. The van der Waals surface area contributed by atoms with E-state index >= 15 is 0 Å². The second kappa shape index (κ2) is 8.92. The van der Waals surface area contributed by atoms with Gasteiger partial charge in [-0.3, -0.25) is 0 Å². The zero-order valence-electron chi connectivity index (χ0n) is 16.1. The number of carboxylic acids is 1. The highest BCUT2D eigenvalue weighted by Crippen LogP contribution is 2.28. The molecule has 1 heterocycles. The number of rotatable bonds is 7. The number of nitrogens with zero attached hydrogens (tertiary/aromatic N) is 1. The van der Waals surface area contributed by atoms with Crippen LogP contribution in [0.4, 0.5) is 0 Å². The minimum absolute atomic E-state index is 0.292. The number of aromatic nitrogens is 1. The largest absolute Gasteiger partial charge is 0.478 e. The molecule has 4 aromatic rings. The topological polar surface area (TPSA) is 54.3 Å². The molecule has 0 amide bonds. The molecule has 3 aromatic carbocycles. The van der Waals surface area contributed by atoms with E-state index in [2.05, 4.69) is 28.2 Å². The van der Waals surface area contributed by atoms with Crippen LogP contribution >= 0.6 is 23.2 Å². The van der Waals surface area contributed by atoms with Gasteiger partial charge in [-0.1, -0.05) is 59.6 Å². The van der Waals surface area contributed by atoms with Gasteiger partial charge >= 0.3 is 5.97 Å². The van der Waals surface area contributed by atoms with Gasteiger partial charge in [-0.15, -0.1) is 0 Å². The average molecular weight is 439 g/mol. The molecule has 0 aliphatic carbocycles. The molecule has 1 aromatic heterocycles. The molecule has 0 bridgehead atoms. The highest BCUT2D eigenvalue weighted by Gasteiger charge is 2.12. The molecule has 0 saturated heterocycles. The summed E-state index contributed by atoms with van der Waals surface area (Å²) < 4.78 is 2.17. The lowest BCUT2D eigenvalue weighted by atomic mass is 10.1. The van der Waals surface area contributed by atoms with Gasteiger partial charge in [0, 0.05) is 45.8 Å². The SMILES string of the molecule is O=C(O)c1ccc(CNCc2cn(Cc3c(Cl)cccc3Cl)c3ccccc23)cc1. The first-order valence-electron chi connectivity index (χ1n) is 9.55. The third-order valence-electron chi connectivity index (χ3n) is 5.11. The van der Waals surface area contributed by atoms with E-state index in [-0.39, 0.29) is 0 Å². The Kier molecular flexibility index (Phi) is 6.09. The van der Waals surface area contributed by atoms with Gasteiger partial charge in [-0.05, 0) is 41.5 Å². The molecule has 0 aliphatic heterocycles. The third kappa shape index (κ3) is 4.36. The van der Waals surface area contributed by atoms with Gasteiger partial charge < -0.3 is 15.0 Å². The Morgan fingerprint density at radius 2 is 1.60 bits per heavy atom. The monoisotopic (exact) mass is 438 g/mol. The number of halogens is 2. The zero-order chi connectivity index (χ0) is 21.1. The highest BCUT2D eigenvalue weighted by molar-refractivity contribution is 6.36. The molecule has 4 rings (SSSR count). The van der Waals surface area contributed by atoms with Crippen molar-refractivity contribution < 1.29 is 9.90 Å². The van der Waals surface area contributed by atoms with Crippen LogP contribution in [0.2, 0.25) is 10.0 Å². The van der Waals surface area contributed by atoms with Gasteiger partial charge in [0.15, 0.2) is 0 Å². The molecule has 0 atom stereocenters. The van der Waals surface area contributed by atoms with E-state index < -0.39 is 5.97 Å². The van der Waals surface area contributed by atoms with Crippen LogP contribution in [-0.4, -0.2) is 15.6 Å². The molecule has 30 heavy (non-hydrogen) atoms. The van der Waals surface area contributed by atoms with Gasteiger partial charge in [0.2, 0.25) is 0 Å². The molecule has 4 nitrogen and oxygen atoms in total.